The second kappa shape index (κ2) is 10.2. The minimum Gasteiger partial charge on any atom is -0.490 e. The van der Waals surface area contributed by atoms with Crippen LogP contribution in [0.3, 0.4) is 0 Å². The zero-order valence-corrected chi connectivity index (χ0v) is 16.3. The van der Waals surface area contributed by atoms with Gasteiger partial charge in [-0.3, -0.25) is 9.59 Å². The van der Waals surface area contributed by atoms with Gasteiger partial charge in [-0.15, -0.1) is 0 Å². The monoisotopic (exact) mass is 391 g/mol. The molecule has 2 aromatic rings. The zero-order valence-electron chi connectivity index (χ0n) is 16.3. The normalized spacial score (nSPS) is 14.6. The summed E-state index contributed by atoms with van der Waals surface area (Å²) in [6, 6.07) is 16.6. The maximum atomic E-state index is 12.5. The van der Waals surface area contributed by atoms with E-state index < -0.39 is 0 Å². The van der Waals surface area contributed by atoms with Crippen molar-refractivity contribution in [3.63, 3.8) is 0 Å². The van der Waals surface area contributed by atoms with Crippen molar-refractivity contribution in [2.24, 2.45) is 11.0 Å². The summed E-state index contributed by atoms with van der Waals surface area (Å²) in [6.45, 7) is 5.21. The molecule has 6 heteroatoms. The van der Waals surface area contributed by atoms with E-state index in [0.29, 0.717) is 38.1 Å². The summed E-state index contributed by atoms with van der Waals surface area (Å²) in [7, 11) is 0. The van der Waals surface area contributed by atoms with Crippen LogP contribution in [-0.4, -0.2) is 42.6 Å². The smallest absolute Gasteiger partial charge is 0.253 e. The van der Waals surface area contributed by atoms with E-state index in [1.807, 2.05) is 54.6 Å². The Morgan fingerprint density at radius 2 is 1.79 bits per heavy atom. The number of amides is 2. The molecule has 0 aliphatic carbocycles. The molecule has 150 valence electrons. The number of carbonyl (C=O) groups is 2. The molecule has 0 radical (unpaired) electrons. The number of hydrogen-bond donors (Lipinski definition) is 1. The number of nitrogens with zero attached hydrogens (tertiary/aromatic N) is 2. The van der Waals surface area contributed by atoms with Crippen LogP contribution in [0.15, 0.2) is 72.4 Å². The quantitative estimate of drug-likeness (QED) is 0.447. The molecule has 1 heterocycles. The van der Waals surface area contributed by atoms with E-state index in [1.54, 1.807) is 17.2 Å². The molecule has 2 amide bonds. The van der Waals surface area contributed by atoms with Crippen molar-refractivity contribution in [1.82, 2.24) is 10.3 Å². The standard InChI is InChI=1S/C23H25N3O3/c1-2-16-29-21-10-8-18(9-11-21)17-24-25-22(27)19-12-14-26(15-13-19)23(28)20-6-4-3-5-7-20/h2-11,17,19H,1,12-16H2,(H,25,27)/b24-17-. The van der Waals surface area contributed by atoms with Gasteiger partial charge in [-0.2, -0.15) is 5.10 Å². The molecule has 0 aromatic heterocycles. The van der Waals surface area contributed by atoms with Crippen molar-refractivity contribution in [3.05, 3.63) is 78.4 Å². The van der Waals surface area contributed by atoms with Crippen LogP contribution in [0.2, 0.25) is 0 Å². The highest BCUT2D eigenvalue weighted by Gasteiger charge is 2.27. The lowest BCUT2D eigenvalue weighted by Gasteiger charge is -2.31. The summed E-state index contributed by atoms with van der Waals surface area (Å²) < 4.78 is 5.43. The highest BCUT2D eigenvalue weighted by atomic mass is 16.5. The molecule has 1 fully saturated rings. The lowest BCUT2D eigenvalue weighted by molar-refractivity contribution is -0.126. The number of ether oxygens (including phenoxy) is 1. The third-order valence-corrected chi connectivity index (χ3v) is 4.81. The molecule has 1 saturated heterocycles. The first-order chi connectivity index (χ1) is 14.2. The van der Waals surface area contributed by atoms with Gasteiger partial charge < -0.3 is 9.64 Å². The number of nitrogens with one attached hydrogen (secondary N) is 1. The van der Waals surface area contributed by atoms with Crippen LogP contribution in [0.4, 0.5) is 0 Å². The SMILES string of the molecule is C=CCOc1ccc(/C=N\NC(=O)C2CCN(C(=O)c3ccccc3)CC2)cc1. The van der Waals surface area contributed by atoms with Crippen LogP contribution in [0, 0.1) is 5.92 Å². The summed E-state index contributed by atoms with van der Waals surface area (Å²) in [5, 5.41) is 4.05. The van der Waals surface area contributed by atoms with Gasteiger partial charge in [0.15, 0.2) is 0 Å². The van der Waals surface area contributed by atoms with Crippen LogP contribution in [0.1, 0.15) is 28.8 Å². The number of rotatable bonds is 7. The molecule has 1 aliphatic rings. The largest absolute Gasteiger partial charge is 0.490 e. The minimum atomic E-state index is -0.137. The van der Waals surface area contributed by atoms with Crippen molar-refractivity contribution in [3.8, 4) is 5.75 Å². The van der Waals surface area contributed by atoms with Gasteiger partial charge in [-0.1, -0.05) is 30.9 Å². The predicted molar refractivity (Wildman–Crippen MR) is 113 cm³/mol. The Morgan fingerprint density at radius 3 is 2.45 bits per heavy atom. The van der Waals surface area contributed by atoms with Crippen LogP contribution in [-0.2, 0) is 4.79 Å². The number of likely N-dealkylation sites (tertiary alicyclic amines) is 1. The fraction of sp³-hybridized carbons (Fsp3) is 0.261. The first-order valence-electron chi connectivity index (χ1n) is 9.68. The van der Waals surface area contributed by atoms with E-state index in [2.05, 4.69) is 17.1 Å². The van der Waals surface area contributed by atoms with Crippen molar-refractivity contribution < 1.29 is 14.3 Å². The number of piperidine rings is 1. The molecule has 0 spiro atoms. The first kappa shape index (κ1) is 20.3. The van der Waals surface area contributed by atoms with E-state index >= 15 is 0 Å². The molecular weight excluding hydrogens is 366 g/mol. The van der Waals surface area contributed by atoms with Crippen LogP contribution in [0.5, 0.6) is 5.75 Å². The number of benzene rings is 2. The summed E-state index contributed by atoms with van der Waals surface area (Å²) in [6.07, 6.45) is 4.56. The van der Waals surface area contributed by atoms with E-state index in [-0.39, 0.29) is 17.7 Å². The van der Waals surface area contributed by atoms with Gasteiger partial charge in [-0.05, 0) is 54.8 Å². The van der Waals surface area contributed by atoms with Gasteiger partial charge in [0.05, 0.1) is 6.21 Å². The van der Waals surface area contributed by atoms with E-state index in [9.17, 15) is 9.59 Å². The second-order valence-electron chi connectivity index (χ2n) is 6.84. The van der Waals surface area contributed by atoms with E-state index in [0.717, 1.165) is 11.3 Å². The first-order valence-corrected chi connectivity index (χ1v) is 9.68. The molecule has 6 nitrogen and oxygen atoms in total. The lowest BCUT2D eigenvalue weighted by atomic mass is 9.95. The highest BCUT2D eigenvalue weighted by Crippen LogP contribution is 2.19. The Labute approximate surface area is 170 Å². The number of hydrazone groups is 1. The zero-order chi connectivity index (χ0) is 20.5. The Morgan fingerprint density at radius 1 is 1.10 bits per heavy atom. The average Bonchev–Trinajstić information content (AvgIpc) is 2.78. The molecule has 0 bridgehead atoms. The van der Waals surface area contributed by atoms with Crippen molar-refractivity contribution in [2.45, 2.75) is 12.8 Å². The summed E-state index contributed by atoms with van der Waals surface area (Å²) in [5.41, 5.74) is 4.15. The van der Waals surface area contributed by atoms with E-state index in [4.69, 9.17) is 4.74 Å². The molecule has 0 saturated carbocycles. The second-order valence-corrected chi connectivity index (χ2v) is 6.84. The fourth-order valence-electron chi connectivity index (χ4n) is 3.18. The van der Waals surface area contributed by atoms with Gasteiger partial charge in [0.1, 0.15) is 12.4 Å². The maximum absolute atomic E-state index is 12.5. The lowest BCUT2D eigenvalue weighted by Crippen LogP contribution is -2.42. The Balaban J connectivity index is 1.44. The molecule has 2 aromatic carbocycles. The van der Waals surface area contributed by atoms with Gasteiger partial charge in [0.2, 0.25) is 5.91 Å². The molecule has 0 unspecified atom stereocenters. The van der Waals surface area contributed by atoms with Crippen molar-refractivity contribution in [1.29, 1.82) is 0 Å². The predicted octanol–water partition coefficient (Wildman–Crippen LogP) is 3.25. The van der Waals surface area contributed by atoms with Crippen molar-refractivity contribution >= 4 is 18.0 Å². The molecule has 0 atom stereocenters. The van der Waals surface area contributed by atoms with Gasteiger partial charge >= 0.3 is 0 Å². The van der Waals surface area contributed by atoms with Crippen LogP contribution in [0.25, 0.3) is 0 Å². The van der Waals surface area contributed by atoms with Crippen molar-refractivity contribution in [2.75, 3.05) is 19.7 Å². The molecule has 1 N–H and O–H groups in total. The van der Waals surface area contributed by atoms with Crippen LogP contribution >= 0.6 is 0 Å². The van der Waals surface area contributed by atoms with E-state index in [1.165, 1.54) is 0 Å². The van der Waals surface area contributed by atoms with Gasteiger partial charge in [-0.25, -0.2) is 5.43 Å². The highest BCUT2D eigenvalue weighted by molar-refractivity contribution is 5.94. The Hall–Kier alpha value is -3.41. The Bertz CT molecular complexity index is 855. The third-order valence-electron chi connectivity index (χ3n) is 4.81. The fourth-order valence-corrected chi connectivity index (χ4v) is 3.18. The van der Waals surface area contributed by atoms with Gasteiger partial charge in [0.25, 0.3) is 5.91 Å². The molecule has 29 heavy (non-hydrogen) atoms. The minimum absolute atomic E-state index is 0.0167. The summed E-state index contributed by atoms with van der Waals surface area (Å²) >= 11 is 0. The van der Waals surface area contributed by atoms with Gasteiger partial charge in [0, 0.05) is 24.6 Å². The third kappa shape index (κ3) is 5.78. The molecule has 1 aliphatic heterocycles. The Kier molecular flexibility index (Phi) is 7.16. The molecule has 3 rings (SSSR count). The molecular formula is C23H25N3O3. The summed E-state index contributed by atoms with van der Waals surface area (Å²) in [4.78, 5) is 26.6. The average molecular weight is 391 g/mol. The summed E-state index contributed by atoms with van der Waals surface area (Å²) in [5.74, 6) is 0.520. The maximum Gasteiger partial charge on any atom is 0.253 e. The number of carbonyl (C=O) groups excluding carboxylic acids is 2. The van der Waals surface area contributed by atoms with Crippen LogP contribution < -0.4 is 10.2 Å². The topological polar surface area (TPSA) is 71.0 Å². The number of hydrogen-bond acceptors (Lipinski definition) is 4.